The molecule has 0 saturated carbocycles. The summed E-state index contributed by atoms with van der Waals surface area (Å²) in [7, 11) is 0. The number of ether oxygens (including phenoxy) is 1. The van der Waals surface area contributed by atoms with Crippen LogP contribution in [0.1, 0.15) is 10.4 Å². The number of rotatable bonds is 7. The Kier molecular flexibility index (Phi) is 6.50. The number of amides is 1. The van der Waals surface area contributed by atoms with Gasteiger partial charge in [-0.05, 0) is 41.6 Å². The fraction of sp³-hybridized carbons (Fsp3) is 0.176. The first-order valence-corrected chi connectivity index (χ1v) is 7.91. The highest BCUT2D eigenvalue weighted by molar-refractivity contribution is 7.09. The fourth-order valence-electron chi connectivity index (χ4n) is 1.75. The molecule has 0 atom stereocenters. The van der Waals surface area contributed by atoms with E-state index in [1.165, 1.54) is 41.3 Å². The van der Waals surface area contributed by atoms with Crippen LogP contribution in [-0.2, 0) is 20.7 Å². The van der Waals surface area contributed by atoms with Gasteiger partial charge in [0.05, 0.1) is 0 Å². The number of thiophene rings is 1. The second kappa shape index (κ2) is 8.85. The molecule has 0 fully saturated rings. The Morgan fingerprint density at radius 2 is 2.00 bits per heavy atom. The van der Waals surface area contributed by atoms with Gasteiger partial charge in [0.15, 0.2) is 6.61 Å². The summed E-state index contributed by atoms with van der Waals surface area (Å²) in [4.78, 5) is 24.2. The van der Waals surface area contributed by atoms with E-state index in [4.69, 9.17) is 4.74 Å². The Labute approximate surface area is 137 Å². The van der Waals surface area contributed by atoms with Gasteiger partial charge in [0.25, 0.3) is 5.91 Å². The number of hydrogen-bond acceptors (Lipinski definition) is 4. The van der Waals surface area contributed by atoms with E-state index >= 15 is 0 Å². The van der Waals surface area contributed by atoms with Gasteiger partial charge < -0.3 is 10.1 Å². The van der Waals surface area contributed by atoms with Crippen LogP contribution in [-0.4, -0.2) is 25.0 Å². The quantitative estimate of drug-likeness (QED) is 0.626. The normalized spacial score (nSPS) is 10.7. The van der Waals surface area contributed by atoms with E-state index in [-0.39, 0.29) is 18.3 Å². The van der Waals surface area contributed by atoms with Crippen molar-refractivity contribution >= 4 is 29.3 Å². The number of carbonyl (C=O) groups is 2. The van der Waals surface area contributed by atoms with E-state index in [1.54, 1.807) is 11.3 Å². The van der Waals surface area contributed by atoms with Gasteiger partial charge >= 0.3 is 5.97 Å². The second-order valence-electron chi connectivity index (χ2n) is 4.67. The van der Waals surface area contributed by atoms with Crippen molar-refractivity contribution in [1.82, 2.24) is 5.32 Å². The van der Waals surface area contributed by atoms with Gasteiger partial charge in [0.2, 0.25) is 0 Å². The molecule has 1 amide bonds. The van der Waals surface area contributed by atoms with Crippen LogP contribution in [0.15, 0.2) is 47.9 Å². The molecule has 23 heavy (non-hydrogen) atoms. The Morgan fingerprint density at radius 3 is 2.70 bits per heavy atom. The summed E-state index contributed by atoms with van der Waals surface area (Å²) in [5.41, 5.74) is 0.670. The van der Waals surface area contributed by atoms with Crippen molar-refractivity contribution in [2.75, 3.05) is 13.2 Å². The van der Waals surface area contributed by atoms with Crippen LogP contribution in [0.4, 0.5) is 4.39 Å². The first-order chi connectivity index (χ1) is 11.1. The predicted molar refractivity (Wildman–Crippen MR) is 87.4 cm³/mol. The van der Waals surface area contributed by atoms with Crippen molar-refractivity contribution in [2.24, 2.45) is 0 Å². The van der Waals surface area contributed by atoms with Gasteiger partial charge in [-0.2, -0.15) is 0 Å². The lowest BCUT2D eigenvalue weighted by molar-refractivity contribution is -0.143. The lowest BCUT2D eigenvalue weighted by atomic mass is 10.2. The van der Waals surface area contributed by atoms with Gasteiger partial charge in [-0.25, -0.2) is 9.18 Å². The Bertz CT molecular complexity index is 666. The minimum atomic E-state index is -0.622. The van der Waals surface area contributed by atoms with Crippen molar-refractivity contribution in [3.8, 4) is 0 Å². The van der Waals surface area contributed by atoms with Crippen LogP contribution in [0.2, 0.25) is 0 Å². The number of carbonyl (C=O) groups excluding carboxylic acids is 2. The minimum absolute atomic E-state index is 0.322. The zero-order valence-corrected chi connectivity index (χ0v) is 13.1. The van der Waals surface area contributed by atoms with E-state index in [2.05, 4.69) is 5.32 Å². The molecule has 4 nitrogen and oxygen atoms in total. The molecule has 6 heteroatoms. The first kappa shape index (κ1) is 16.9. The van der Waals surface area contributed by atoms with Crippen LogP contribution in [0.5, 0.6) is 0 Å². The molecule has 1 N–H and O–H groups in total. The van der Waals surface area contributed by atoms with E-state index < -0.39 is 5.97 Å². The molecule has 0 aliphatic heterocycles. The Balaban J connectivity index is 1.65. The van der Waals surface area contributed by atoms with Crippen LogP contribution in [0.25, 0.3) is 6.08 Å². The van der Waals surface area contributed by atoms with E-state index in [9.17, 15) is 14.0 Å². The number of hydrogen-bond donors (Lipinski definition) is 1. The largest absolute Gasteiger partial charge is 0.452 e. The SMILES string of the molecule is O=C(COC(=O)/C=C/c1ccc(F)cc1)NCCc1cccs1. The maximum absolute atomic E-state index is 12.7. The van der Waals surface area contributed by atoms with Crippen molar-refractivity contribution in [3.63, 3.8) is 0 Å². The summed E-state index contributed by atoms with van der Waals surface area (Å²) in [6.45, 7) is 0.180. The molecule has 0 unspecified atom stereocenters. The van der Waals surface area contributed by atoms with Crippen molar-refractivity contribution < 1.29 is 18.7 Å². The fourth-order valence-corrected chi connectivity index (χ4v) is 2.46. The van der Waals surface area contributed by atoms with Crippen LogP contribution in [0, 0.1) is 5.82 Å². The molecule has 1 aromatic heterocycles. The van der Waals surface area contributed by atoms with Gasteiger partial charge in [-0.15, -0.1) is 11.3 Å². The highest BCUT2D eigenvalue weighted by Gasteiger charge is 2.04. The molecule has 0 aliphatic carbocycles. The second-order valence-corrected chi connectivity index (χ2v) is 5.70. The first-order valence-electron chi connectivity index (χ1n) is 7.03. The van der Waals surface area contributed by atoms with E-state index in [1.807, 2.05) is 17.5 Å². The Morgan fingerprint density at radius 1 is 1.22 bits per heavy atom. The molecule has 120 valence electrons. The third-order valence-electron chi connectivity index (χ3n) is 2.90. The molecular formula is C17H16FNO3S. The van der Waals surface area contributed by atoms with E-state index in [0.29, 0.717) is 12.1 Å². The molecule has 0 spiro atoms. The van der Waals surface area contributed by atoms with Crippen LogP contribution < -0.4 is 5.32 Å². The third kappa shape index (κ3) is 6.44. The zero-order valence-electron chi connectivity index (χ0n) is 12.3. The molecule has 1 aromatic carbocycles. The molecule has 0 radical (unpaired) electrons. The molecule has 0 saturated heterocycles. The summed E-state index contributed by atoms with van der Waals surface area (Å²) in [5.74, 6) is -1.31. The van der Waals surface area contributed by atoms with Gasteiger partial charge in [0, 0.05) is 17.5 Å². The molecule has 1 heterocycles. The standard InChI is InChI=1S/C17H16FNO3S/c18-14-6-3-13(4-7-14)5-8-17(21)22-12-16(20)19-10-9-15-2-1-11-23-15/h1-8,11H,9-10,12H2,(H,19,20)/b8-5+. The summed E-state index contributed by atoms with van der Waals surface area (Å²) in [6.07, 6.45) is 3.45. The average molecular weight is 333 g/mol. The smallest absolute Gasteiger partial charge is 0.331 e. The monoisotopic (exact) mass is 333 g/mol. The van der Waals surface area contributed by atoms with Gasteiger partial charge in [-0.1, -0.05) is 18.2 Å². The van der Waals surface area contributed by atoms with Crippen LogP contribution >= 0.6 is 11.3 Å². The van der Waals surface area contributed by atoms with Crippen molar-refractivity contribution in [1.29, 1.82) is 0 Å². The molecule has 0 bridgehead atoms. The summed E-state index contributed by atoms with van der Waals surface area (Å²) in [5, 5.41) is 4.66. The van der Waals surface area contributed by atoms with Crippen molar-refractivity contribution in [3.05, 3.63) is 64.1 Å². The summed E-state index contributed by atoms with van der Waals surface area (Å²) in [6, 6.07) is 9.62. The van der Waals surface area contributed by atoms with E-state index in [0.717, 1.165) is 6.42 Å². The average Bonchev–Trinajstić information content (AvgIpc) is 3.06. The number of benzene rings is 1. The molecule has 2 rings (SSSR count). The van der Waals surface area contributed by atoms with Gasteiger partial charge in [-0.3, -0.25) is 4.79 Å². The highest BCUT2D eigenvalue weighted by atomic mass is 32.1. The minimum Gasteiger partial charge on any atom is -0.452 e. The molecular weight excluding hydrogens is 317 g/mol. The lowest BCUT2D eigenvalue weighted by Crippen LogP contribution is -2.30. The van der Waals surface area contributed by atoms with Gasteiger partial charge in [0.1, 0.15) is 5.82 Å². The lowest BCUT2D eigenvalue weighted by Gasteiger charge is -2.04. The summed E-state index contributed by atoms with van der Waals surface area (Å²) >= 11 is 1.63. The number of esters is 1. The zero-order chi connectivity index (χ0) is 16.5. The molecule has 0 aliphatic rings. The maximum atomic E-state index is 12.7. The maximum Gasteiger partial charge on any atom is 0.331 e. The predicted octanol–water partition coefficient (Wildman–Crippen LogP) is 2.80. The Hall–Kier alpha value is -2.47. The summed E-state index contributed by atoms with van der Waals surface area (Å²) < 4.78 is 17.6. The topological polar surface area (TPSA) is 55.4 Å². The molecule has 2 aromatic rings. The van der Waals surface area contributed by atoms with Crippen molar-refractivity contribution in [2.45, 2.75) is 6.42 Å². The van der Waals surface area contributed by atoms with Crippen LogP contribution in [0.3, 0.4) is 0 Å². The number of halogens is 1. The third-order valence-corrected chi connectivity index (χ3v) is 3.84. The number of nitrogens with one attached hydrogen (secondary N) is 1. The highest BCUT2D eigenvalue weighted by Crippen LogP contribution is 2.08.